The summed E-state index contributed by atoms with van der Waals surface area (Å²) in [5, 5.41) is 7.09. The Balaban J connectivity index is 1.43. The lowest BCUT2D eigenvalue weighted by Gasteiger charge is -2.32. The van der Waals surface area contributed by atoms with Crippen LogP contribution in [0.15, 0.2) is 42.6 Å². The third kappa shape index (κ3) is 4.12. The molecule has 1 saturated heterocycles. The molecule has 1 aliphatic rings. The van der Waals surface area contributed by atoms with Gasteiger partial charge in [0.2, 0.25) is 0 Å². The number of aromatic nitrogens is 2. The zero-order chi connectivity index (χ0) is 16.1. The number of nitrogens with zero attached hydrogens (tertiary/aromatic N) is 3. The molecule has 1 N–H and O–H groups in total. The van der Waals surface area contributed by atoms with Crippen molar-refractivity contribution in [3.8, 4) is 0 Å². The van der Waals surface area contributed by atoms with Gasteiger partial charge >= 0.3 is 6.03 Å². The molecular weight excluding hydrogens is 288 g/mol. The Morgan fingerprint density at radius 3 is 2.61 bits per heavy atom. The third-order valence-corrected chi connectivity index (χ3v) is 4.61. The molecule has 0 saturated carbocycles. The molecule has 1 fully saturated rings. The lowest BCUT2D eigenvalue weighted by molar-refractivity contribution is 0.170. The molecule has 0 radical (unpaired) electrons. The number of nitrogens with one attached hydrogen (secondary N) is 1. The van der Waals surface area contributed by atoms with E-state index in [-0.39, 0.29) is 6.03 Å². The number of benzene rings is 1. The summed E-state index contributed by atoms with van der Waals surface area (Å²) in [6.45, 7) is 2.21. The van der Waals surface area contributed by atoms with E-state index in [4.69, 9.17) is 0 Å². The number of amides is 2. The van der Waals surface area contributed by atoms with Gasteiger partial charge in [0.05, 0.1) is 12.2 Å². The highest BCUT2D eigenvalue weighted by molar-refractivity contribution is 5.74. The molecule has 3 rings (SSSR count). The van der Waals surface area contributed by atoms with E-state index in [1.54, 1.807) is 10.9 Å². The topological polar surface area (TPSA) is 50.2 Å². The SMILES string of the molecule is Cn1nccc1CNC(=O)N1CCC(Cc2ccccc2)CC1. The monoisotopic (exact) mass is 312 g/mol. The molecule has 2 aromatic rings. The fourth-order valence-corrected chi connectivity index (χ4v) is 3.14. The number of piperidine rings is 1. The molecule has 1 aromatic heterocycles. The molecule has 0 atom stereocenters. The Morgan fingerprint density at radius 1 is 1.22 bits per heavy atom. The van der Waals surface area contributed by atoms with E-state index in [1.165, 1.54) is 5.56 Å². The van der Waals surface area contributed by atoms with E-state index < -0.39 is 0 Å². The second kappa shape index (κ2) is 7.31. The first-order valence-electron chi connectivity index (χ1n) is 8.26. The van der Waals surface area contributed by atoms with Crippen molar-refractivity contribution in [1.29, 1.82) is 0 Å². The lowest BCUT2D eigenvalue weighted by Crippen LogP contribution is -2.44. The number of carbonyl (C=O) groups is 1. The number of rotatable bonds is 4. The minimum atomic E-state index is 0.0318. The van der Waals surface area contributed by atoms with Crippen molar-refractivity contribution in [2.24, 2.45) is 13.0 Å². The lowest BCUT2D eigenvalue weighted by atomic mass is 9.90. The Morgan fingerprint density at radius 2 is 1.96 bits per heavy atom. The average Bonchev–Trinajstić information content (AvgIpc) is 2.99. The van der Waals surface area contributed by atoms with E-state index in [0.717, 1.165) is 38.0 Å². The van der Waals surface area contributed by atoms with E-state index in [0.29, 0.717) is 12.5 Å². The zero-order valence-electron chi connectivity index (χ0n) is 13.6. The molecule has 0 spiro atoms. The summed E-state index contributed by atoms with van der Waals surface area (Å²) in [5.74, 6) is 0.679. The fraction of sp³-hybridized carbons (Fsp3) is 0.444. The summed E-state index contributed by atoms with van der Waals surface area (Å²) in [7, 11) is 1.89. The molecular formula is C18H24N4O. The van der Waals surface area contributed by atoms with Crippen LogP contribution in [0.3, 0.4) is 0 Å². The highest BCUT2D eigenvalue weighted by Gasteiger charge is 2.22. The van der Waals surface area contributed by atoms with Gasteiger partial charge in [-0.15, -0.1) is 0 Å². The van der Waals surface area contributed by atoms with Gasteiger partial charge in [-0.05, 0) is 36.8 Å². The maximum absolute atomic E-state index is 12.3. The van der Waals surface area contributed by atoms with Crippen LogP contribution in [0.4, 0.5) is 4.79 Å². The van der Waals surface area contributed by atoms with Crippen LogP contribution in [0, 0.1) is 5.92 Å². The van der Waals surface area contributed by atoms with E-state index >= 15 is 0 Å². The second-order valence-electron chi connectivity index (χ2n) is 6.23. The van der Waals surface area contributed by atoms with Crippen LogP contribution in [0.5, 0.6) is 0 Å². The maximum Gasteiger partial charge on any atom is 0.317 e. The van der Waals surface area contributed by atoms with E-state index in [1.807, 2.05) is 18.0 Å². The first kappa shape index (κ1) is 15.6. The predicted molar refractivity (Wildman–Crippen MR) is 89.9 cm³/mol. The van der Waals surface area contributed by atoms with Crippen molar-refractivity contribution in [3.63, 3.8) is 0 Å². The van der Waals surface area contributed by atoms with Crippen molar-refractivity contribution < 1.29 is 4.79 Å². The summed E-state index contributed by atoms with van der Waals surface area (Å²) in [4.78, 5) is 14.2. The molecule has 122 valence electrons. The zero-order valence-corrected chi connectivity index (χ0v) is 13.6. The summed E-state index contributed by atoms with van der Waals surface area (Å²) < 4.78 is 1.78. The van der Waals surface area contributed by atoms with Crippen LogP contribution in [0.2, 0.25) is 0 Å². The quantitative estimate of drug-likeness (QED) is 0.943. The largest absolute Gasteiger partial charge is 0.332 e. The Bertz CT molecular complexity index is 629. The third-order valence-electron chi connectivity index (χ3n) is 4.61. The minimum absolute atomic E-state index is 0.0318. The normalized spacial score (nSPS) is 15.6. The van der Waals surface area contributed by atoms with Crippen molar-refractivity contribution in [3.05, 3.63) is 53.9 Å². The van der Waals surface area contributed by atoms with Gasteiger partial charge in [0.15, 0.2) is 0 Å². The average molecular weight is 312 g/mol. The molecule has 23 heavy (non-hydrogen) atoms. The van der Waals surface area contributed by atoms with Gasteiger partial charge in [-0.3, -0.25) is 4.68 Å². The standard InChI is InChI=1S/C18H24N4O/c1-21-17(7-10-20-21)14-19-18(23)22-11-8-16(9-12-22)13-15-5-3-2-4-6-15/h2-7,10,16H,8-9,11-14H2,1H3,(H,19,23). The second-order valence-corrected chi connectivity index (χ2v) is 6.23. The molecule has 1 aromatic carbocycles. The molecule has 0 bridgehead atoms. The van der Waals surface area contributed by atoms with Crippen LogP contribution in [-0.2, 0) is 20.0 Å². The smallest absolute Gasteiger partial charge is 0.317 e. The Labute approximate surface area is 137 Å². The van der Waals surface area contributed by atoms with Crippen LogP contribution < -0.4 is 5.32 Å². The van der Waals surface area contributed by atoms with Gasteiger partial charge in [-0.25, -0.2) is 4.79 Å². The van der Waals surface area contributed by atoms with Gasteiger partial charge in [0.1, 0.15) is 0 Å². The molecule has 0 aliphatic carbocycles. The summed E-state index contributed by atoms with van der Waals surface area (Å²) >= 11 is 0. The van der Waals surface area contributed by atoms with Gasteiger partial charge in [-0.1, -0.05) is 30.3 Å². The van der Waals surface area contributed by atoms with Crippen LogP contribution in [0.25, 0.3) is 0 Å². The number of hydrogen-bond acceptors (Lipinski definition) is 2. The number of likely N-dealkylation sites (tertiary alicyclic amines) is 1. The van der Waals surface area contributed by atoms with Gasteiger partial charge in [0, 0.05) is 26.3 Å². The summed E-state index contributed by atoms with van der Waals surface area (Å²) in [5.41, 5.74) is 2.41. The predicted octanol–water partition coefficient (Wildman–Crippen LogP) is 2.58. The minimum Gasteiger partial charge on any atom is -0.332 e. The Hall–Kier alpha value is -2.30. The van der Waals surface area contributed by atoms with Gasteiger partial charge in [-0.2, -0.15) is 5.10 Å². The first-order valence-corrected chi connectivity index (χ1v) is 8.26. The number of hydrogen-bond donors (Lipinski definition) is 1. The van der Waals surface area contributed by atoms with E-state index in [9.17, 15) is 4.79 Å². The van der Waals surface area contributed by atoms with Crippen LogP contribution >= 0.6 is 0 Å². The molecule has 2 amide bonds. The molecule has 5 heteroatoms. The van der Waals surface area contributed by atoms with Crippen molar-refractivity contribution >= 4 is 6.03 Å². The molecule has 1 aliphatic heterocycles. The van der Waals surface area contributed by atoms with Crippen molar-refractivity contribution in [1.82, 2.24) is 20.0 Å². The first-order chi connectivity index (χ1) is 11.2. The Kier molecular flexibility index (Phi) is 4.95. The number of urea groups is 1. The highest BCUT2D eigenvalue weighted by atomic mass is 16.2. The van der Waals surface area contributed by atoms with E-state index in [2.05, 4.69) is 40.7 Å². The van der Waals surface area contributed by atoms with Gasteiger partial charge < -0.3 is 10.2 Å². The number of carbonyl (C=O) groups excluding carboxylic acids is 1. The number of aryl methyl sites for hydroxylation is 1. The van der Waals surface area contributed by atoms with Crippen LogP contribution in [0.1, 0.15) is 24.1 Å². The fourth-order valence-electron chi connectivity index (χ4n) is 3.14. The van der Waals surface area contributed by atoms with Crippen molar-refractivity contribution in [2.75, 3.05) is 13.1 Å². The molecule has 5 nitrogen and oxygen atoms in total. The summed E-state index contributed by atoms with van der Waals surface area (Å²) in [6, 6.07) is 12.6. The maximum atomic E-state index is 12.3. The van der Waals surface area contributed by atoms with Crippen molar-refractivity contribution in [2.45, 2.75) is 25.8 Å². The summed E-state index contributed by atoms with van der Waals surface area (Å²) in [6.07, 6.45) is 5.02. The van der Waals surface area contributed by atoms with Gasteiger partial charge in [0.25, 0.3) is 0 Å². The van der Waals surface area contributed by atoms with Crippen LogP contribution in [-0.4, -0.2) is 33.8 Å². The molecule has 0 unspecified atom stereocenters. The highest BCUT2D eigenvalue weighted by Crippen LogP contribution is 2.21. The molecule has 2 heterocycles.